The van der Waals surface area contributed by atoms with Crippen molar-refractivity contribution < 1.29 is 9.59 Å². The van der Waals surface area contributed by atoms with E-state index < -0.39 is 0 Å². The van der Waals surface area contributed by atoms with E-state index in [1.54, 1.807) is 0 Å². The molecule has 1 heterocycles. The molecule has 31 heavy (non-hydrogen) atoms. The monoisotopic (exact) mass is 430 g/mol. The van der Waals surface area contributed by atoms with Crippen LogP contribution >= 0.6 is 0 Å². The summed E-state index contributed by atoms with van der Waals surface area (Å²) in [6, 6.07) is 0.359. The number of carbonyl (C=O) groups is 2. The van der Waals surface area contributed by atoms with Crippen LogP contribution in [0.2, 0.25) is 0 Å². The molecule has 1 saturated heterocycles. The van der Waals surface area contributed by atoms with Crippen molar-refractivity contribution in [2.24, 2.45) is 39.9 Å². The normalized spacial score (nSPS) is 42.8. The first kappa shape index (κ1) is 23.1. The lowest BCUT2D eigenvalue weighted by molar-refractivity contribution is -0.142. The topological polar surface area (TPSA) is 58.2 Å². The number of rotatable bonds is 3. The highest BCUT2D eigenvalue weighted by Gasteiger charge is 2.61. The lowest BCUT2D eigenvalue weighted by Crippen LogP contribution is -2.61. The van der Waals surface area contributed by atoms with Crippen molar-refractivity contribution in [3.05, 3.63) is 0 Å². The van der Waals surface area contributed by atoms with Crippen molar-refractivity contribution in [1.29, 1.82) is 0 Å². The molecule has 3 aliphatic carbocycles. The fourth-order valence-corrected chi connectivity index (χ4v) is 8.92. The molecule has 0 radical (unpaired) electrons. The summed E-state index contributed by atoms with van der Waals surface area (Å²) in [5.41, 5.74) is 0.394. The minimum atomic E-state index is -0.174. The molecule has 0 bridgehead atoms. The molecule has 4 rings (SSSR count). The van der Waals surface area contributed by atoms with E-state index in [4.69, 9.17) is 0 Å². The number of amides is 2. The fourth-order valence-electron chi connectivity index (χ4n) is 8.92. The highest BCUT2D eigenvalue weighted by Crippen LogP contribution is 2.65. The Labute approximate surface area is 190 Å². The fraction of sp³-hybridized carbons (Fsp3) is 0.926. The molecule has 2 amide bonds. The Kier molecular flexibility index (Phi) is 5.58. The SMILES string of the molecule is CC(C)(C)CC(C)(C)NC(=O)C1CCC2C3CCC4NC(=O)CCC4(C)C3CCC12C. The summed E-state index contributed by atoms with van der Waals surface area (Å²) < 4.78 is 0. The molecule has 3 saturated carbocycles. The number of hydrogen-bond acceptors (Lipinski definition) is 2. The summed E-state index contributed by atoms with van der Waals surface area (Å²) in [6.07, 6.45) is 9.66. The van der Waals surface area contributed by atoms with Crippen LogP contribution < -0.4 is 10.6 Å². The van der Waals surface area contributed by atoms with Crippen molar-refractivity contribution in [2.75, 3.05) is 0 Å². The van der Waals surface area contributed by atoms with Crippen LogP contribution in [0, 0.1) is 39.9 Å². The number of carbonyl (C=O) groups excluding carboxylic acids is 2. The van der Waals surface area contributed by atoms with Gasteiger partial charge in [-0.15, -0.1) is 0 Å². The largest absolute Gasteiger partial charge is 0.353 e. The van der Waals surface area contributed by atoms with E-state index in [2.05, 4.69) is 59.1 Å². The Morgan fingerprint density at radius 2 is 1.65 bits per heavy atom. The van der Waals surface area contributed by atoms with Gasteiger partial charge in [0.15, 0.2) is 0 Å². The molecule has 4 fully saturated rings. The maximum absolute atomic E-state index is 13.5. The van der Waals surface area contributed by atoms with Gasteiger partial charge in [-0.25, -0.2) is 0 Å². The van der Waals surface area contributed by atoms with Gasteiger partial charge in [-0.2, -0.15) is 0 Å². The molecule has 0 spiro atoms. The van der Waals surface area contributed by atoms with Crippen LogP contribution in [0.15, 0.2) is 0 Å². The van der Waals surface area contributed by atoms with E-state index in [9.17, 15) is 9.59 Å². The van der Waals surface area contributed by atoms with E-state index in [-0.39, 0.29) is 33.6 Å². The van der Waals surface area contributed by atoms with Gasteiger partial charge in [0.05, 0.1) is 0 Å². The van der Waals surface area contributed by atoms with E-state index in [0.29, 0.717) is 30.2 Å². The van der Waals surface area contributed by atoms with Gasteiger partial charge in [0.1, 0.15) is 0 Å². The molecule has 4 heteroatoms. The van der Waals surface area contributed by atoms with Crippen molar-refractivity contribution in [2.45, 2.75) is 118 Å². The zero-order valence-corrected chi connectivity index (χ0v) is 21.1. The molecule has 0 aromatic rings. The summed E-state index contributed by atoms with van der Waals surface area (Å²) in [5, 5.41) is 6.79. The zero-order chi connectivity index (χ0) is 22.8. The van der Waals surface area contributed by atoms with Crippen molar-refractivity contribution in [1.82, 2.24) is 10.6 Å². The number of hydrogen-bond donors (Lipinski definition) is 2. The van der Waals surface area contributed by atoms with Crippen LogP contribution in [0.4, 0.5) is 0 Å². The first-order chi connectivity index (χ1) is 14.3. The van der Waals surface area contributed by atoms with Gasteiger partial charge >= 0.3 is 0 Å². The Bertz CT molecular complexity index is 738. The average molecular weight is 431 g/mol. The third kappa shape index (κ3) is 4.06. The van der Waals surface area contributed by atoms with Crippen LogP contribution in [0.3, 0.4) is 0 Å². The minimum Gasteiger partial charge on any atom is -0.353 e. The van der Waals surface area contributed by atoms with Gasteiger partial charge in [0, 0.05) is 23.9 Å². The highest BCUT2D eigenvalue weighted by molar-refractivity contribution is 5.80. The molecule has 0 aromatic carbocycles. The molecule has 7 atom stereocenters. The van der Waals surface area contributed by atoms with Gasteiger partial charge in [-0.1, -0.05) is 34.6 Å². The highest BCUT2D eigenvalue weighted by atomic mass is 16.2. The molecule has 1 aliphatic heterocycles. The first-order valence-electron chi connectivity index (χ1n) is 12.9. The molecule has 0 aromatic heterocycles. The van der Waals surface area contributed by atoms with Crippen molar-refractivity contribution in [3.63, 3.8) is 0 Å². The quantitative estimate of drug-likeness (QED) is 0.625. The lowest BCUT2D eigenvalue weighted by atomic mass is 9.47. The third-order valence-electron chi connectivity index (χ3n) is 9.85. The summed E-state index contributed by atoms with van der Waals surface area (Å²) in [4.78, 5) is 25.6. The van der Waals surface area contributed by atoms with Gasteiger partial charge in [0.25, 0.3) is 0 Å². The second-order valence-corrected chi connectivity index (χ2v) is 13.9. The predicted molar refractivity (Wildman–Crippen MR) is 125 cm³/mol. The second-order valence-electron chi connectivity index (χ2n) is 13.9. The Morgan fingerprint density at radius 1 is 0.968 bits per heavy atom. The van der Waals surface area contributed by atoms with Crippen LogP contribution in [0.5, 0.6) is 0 Å². The maximum Gasteiger partial charge on any atom is 0.224 e. The number of nitrogens with one attached hydrogen (secondary N) is 2. The summed E-state index contributed by atoms with van der Waals surface area (Å²) in [5.74, 6) is 2.76. The van der Waals surface area contributed by atoms with Gasteiger partial charge < -0.3 is 10.6 Å². The molecule has 4 nitrogen and oxygen atoms in total. The molecule has 7 unspecified atom stereocenters. The summed E-state index contributed by atoms with van der Waals surface area (Å²) >= 11 is 0. The predicted octanol–water partition coefficient (Wildman–Crippen LogP) is 5.45. The Balaban J connectivity index is 1.49. The van der Waals surface area contributed by atoms with E-state index in [1.807, 2.05) is 0 Å². The van der Waals surface area contributed by atoms with E-state index >= 15 is 0 Å². The summed E-state index contributed by atoms with van der Waals surface area (Å²) in [7, 11) is 0. The van der Waals surface area contributed by atoms with Crippen LogP contribution in [-0.4, -0.2) is 23.4 Å². The minimum absolute atomic E-state index is 0.129. The van der Waals surface area contributed by atoms with Crippen molar-refractivity contribution in [3.8, 4) is 0 Å². The molecular formula is C27H46N2O2. The van der Waals surface area contributed by atoms with Crippen LogP contribution in [-0.2, 0) is 9.59 Å². The number of piperidine rings is 1. The summed E-state index contributed by atoms with van der Waals surface area (Å²) in [6.45, 7) is 16.0. The second kappa shape index (κ2) is 7.48. The lowest BCUT2D eigenvalue weighted by Gasteiger charge is -2.60. The Morgan fingerprint density at radius 3 is 2.32 bits per heavy atom. The third-order valence-corrected chi connectivity index (χ3v) is 9.85. The van der Waals surface area contributed by atoms with Crippen molar-refractivity contribution >= 4 is 11.8 Å². The molecule has 2 N–H and O–H groups in total. The molecular weight excluding hydrogens is 384 g/mol. The van der Waals surface area contributed by atoms with Gasteiger partial charge in [-0.3, -0.25) is 9.59 Å². The van der Waals surface area contributed by atoms with Gasteiger partial charge in [-0.05, 0) is 99.2 Å². The molecule has 176 valence electrons. The molecule has 4 aliphatic rings. The smallest absolute Gasteiger partial charge is 0.224 e. The standard InChI is InChI=1S/C27H46N2O2/c1-24(2,3)16-25(4,5)29-23(31)20-10-9-18-17-8-11-21-27(7,15-13-22(30)28-21)19(17)12-14-26(18,20)6/h17-21H,8-16H2,1-7H3,(H,28,30)(H,29,31). The Hall–Kier alpha value is -1.06. The van der Waals surface area contributed by atoms with E-state index in [1.165, 1.54) is 19.3 Å². The average Bonchev–Trinajstić information content (AvgIpc) is 2.97. The van der Waals surface area contributed by atoms with Crippen LogP contribution in [0.1, 0.15) is 106 Å². The van der Waals surface area contributed by atoms with Gasteiger partial charge in [0.2, 0.25) is 11.8 Å². The van der Waals surface area contributed by atoms with E-state index in [0.717, 1.165) is 38.0 Å². The van der Waals surface area contributed by atoms with Crippen LogP contribution in [0.25, 0.3) is 0 Å². The zero-order valence-electron chi connectivity index (χ0n) is 21.1. The maximum atomic E-state index is 13.5. The number of fused-ring (bicyclic) bond motifs is 5. The first-order valence-corrected chi connectivity index (χ1v) is 12.9.